The molecule has 0 amide bonds. The molecule has 5 heteroatoms. The fourth-order valence-corrected chi connectivity index (χ4v) is 7.03. The zero-order chi connectivity index (χ0) is 47.1. The number of fused-ring (bicyclic) bond motifs is 1. The van der Waals surface area contributed by atoms with Gasteiger partial charge in [-0.1, -0.05) is 163 Å². The van der Waals surface area contributed by atoms with Crippen LogP contribution in [-0.4, -0.2) is 19.6 Å². The van der Waals surface area contributed by atoms with E-state index in [0.717, 1.165) is 27.9 Å². The first-order chi connectivity index (χ1) is 30.5. The van der Waals surface area contributed by atoms with Crippen molar-refractivity contribution in [3.05, 3.63) is 169 Å². The van der Waals surface area contributed by atoms with Crippen molar-refractivity contribution in [3.63, 3.8) is 0 Å². The molecule has 0 spiro atoms. The first kappa shape index (κ1) is 31.4. The van der Waals surface area contributed by atoms with E-state index in [1.54, 1.807) is 12.1 Å². The van der Waals surface area contributed by atoms with Crippen LogP contribution in [-0.2, 0) is 31.9 Å². The second-order valence-corrected chi connectivity index (χ2v) is 17.1. The normalized spacial score (nSPS) is 14.0. The summed E-state index contributed by atoms with van der Waals surface area (Å²) in [6, 6.07) is 33.3. The third-order valence-electron chi connectivity index (χ3n) is 11.4. The third kappa shape index (κ3) is 7.59. The molecule has 0 unspecified atom stereocenters. The summed E-state index contributed by atoms with van der Waals surface area (Å²) < 4.78 is 71.2. The first-order valence-corrected chi connectivity index (χ1v) is 19.2. The zero-order valence-corrected chi connectivity index (χ0v) is 36.2. The Morgan fingerprint density at radius 1 is 0.638 bits per heavy atom. The molecule has 2 heterocycles. The van der Waals surface area contributed by atoms with Crippen LogP contribution < -0.4 is 0 Å². The minimum atomic E-state index is -0.607. The van der Waals surface area contributed by atoms with Gasteiger partial charge in [0.2, 0.25) is 0 Å². The van der Waals surface area contributed by atoms with Crippen molar-refractivity contribution in [1.82, 2.24) is 14.5 Å². The predicted molar refractivity (Wildman–Crippen MR) is 238 cm³/mol. The molecule has 8 aromatic rings. The number of aromatic nitrogens is 3. The van der Waals surface area contributed by atoms with E-state index in [2.05, 4.69) is 80.6 Å². The number of rotatable bonds is 7. The standard InChI is InChI=1S/C53H50N3O.Pt/c1-51(2,3)41-31-38(30-39(32-41)45-33-37(28-29-54-45)35-18-11-9-12-19-35)42-23-17-24-47-49(42)55-50(43-22-15-16-25-48(43)57)56(47)46-27-26-40(53(7,8)52(4,5)6)34-44(46)36-20-13-10-14-21-36;/h9-29,31-34,57H,1-8H3;/q-1;/i9D,11D,12D,18D,19D,28D,29D,33D;. The van der Waals surface area contributed by atoms with Crippen molar-refractivity contribution in [2.24, 2.45) is 5.41 Å². The summed E-state index contributed by atoms with van der Waals surface area (Å²) in [5.41, 5.74) is 7.03. The number of benzene rings is 6. The van der Waals surface area contributed by atoms with Crippen molar-refractivity contribution < 1.29 is 37.1 Å². The Hall–Kier alpha value is -5.57. The number of hydrogen-bond acceptors (Lipinski definition) is 3. The maximum Gasteiger partial charge on any atom is 0.148 e. The average Bonchev–Trinajstić information content (AvgIpc) is 3.66. The quantitative estimate of drug-likeness (QED) is 0.162. The second-order valence-electron chi connectivity index (χ2n) is 17.1. The molecule has 0 fully saturated rings. The first-order valence-electron chi connectivity index (χ1n) is 23.2. The number of phenolic OH excluding ortho intramolecular Hbond substituents is 1. The smallest absolute Gasteiger partial charge is 0.148 e. The monoisotopic (exact) mass is 947 g/mol. The summed E-state index contributed by atoms with van der Waals surface area (Å²) in [5, 5.41) is 11.4. The van der Waals surface area contributed by atoms with Crippen molar-refractivity contribution >= 4 is 11.0 Å². The fraction of sp³-hybridized carbons (Fsp3) is 0.208. The van der Waals surface area contributed by atoms with Crippen LogP contribution in [0.25, 0.3) is 72.7 Å². The molecule has 4 nitrogen and oxygen atoms in total. The Labute approximate surface area is 369 Å². The van der Waals surface area contributed by atoms with E-state index in [0.29, 0.717) is 33.6 Å². The molecule has 0 atom stereocenters. The fourth-order valence-electron chi connectivity index (χ4n) is 7.03. The third-order valence-corrected chi connectivity index (χ3v) is 11.4. The number of hydrogen-bond donors (Lipinski definition) is 1. The van der Waals surface area contributed by atoms with Gasteiger partial charge in [-0.3, -0.25) is 9.55 Å². The second kappa shape index (κ2) is 15.6. The summed E-state index contributed by atoms with van der Waals surface area (Å²) in [7, 11) is 0. The summed E-state index contributed by atoms with van der Waals surface area (Å²) in [6.07, 6.45) is -0.520. The van der Waals surface area contributed by atoms with Gasteiger partial charge in [-0.2, -0.15) is 0 Å². The van der Waals surface area contributed by atoms with Crippen LogP contribution in [0.4, 0.5) is 0 Å². The topological polar surface area (TPSA) is 50.9 Å². The maximum absolute atomic E-state index is 11.4. The average molecular weight is 948 g/mol. The number of nitrogens with zero attached hydrogens (tertiary/aromatic N) is 3. The van der Waals surface area contributed by atoms with Gasteiger partial charge in [0.25, 0.3) is 0 Å². The molecule has 2 aromatic heterocycles. The summed E-state index contributed by atoms with van der Waals surface area (Å²) in [6.45, 7) is 17.4. The Bertz CT molecular complexity index is 3180. The van der Waals surface area contributed by atoms with Crippen molar-refractivity contribution in [3.8, 4) is 67.5 Å². The molecule has 8 rings (SSSR count). The summed E-state index contributed by atoms with van der Waals surface area (Å²) >= 11 is 0. The molecule has 0 bridgehead atoms. The van der Waals surface area contributed by atoms with Crippen LogP contribution >= 0.6 is 0 Å². The van der Waals surface area contributed by atoms with E-state index < -0.39 is 47.8 Å². The molecule has 58 heavy (non-hydrogen) atoms. The Kier molecular flexibility index (Phi) is 8.48. The molecule has 294 valence electrons. The molecule has 0 aliphatic heterocycles. The van der Waals surface area contributed by atoms with Gasteiger partial charge in [0.05, 0.1) is 33.3 Å². The Morgan fingerprint density at radius 2 is 1.33 bits per heavy atom. The maximum atomic E-state index is 11.4. The summed E-state index contributed by atoms with van der Waals surface area (Å²) in [4.78, 5) is 9.77. The van der Waals surface area contributed by atoms with Crippen molar-refractivity contribution in [2.75, 3.05) is 0 Å². The van der Waals surface area contributed by atoms with Crippen LogP contribution in [0.1, 0.15) is 77.5 Å². The molecule has 1 N–H and O–H groups in total. The Balaban J connectivity index is 0.00000648. The van der Waals surface area contributed by atoms with Gasteiger partial charge in [-0.15, -0.1) is 29.3 Å². The predicted octanol–water partition coefficient (Wildman–Crippen LogP) is 13.9. The van der Waals surface area contributed by atoms with Gasteiger partial charge >= 0.3 is 0 Å². The van der Waals surface area contributed by atoms with Crippen molar-refractivity contribution in [1.29, 1.82) is 0 Å². The van der Waals surface area contributed by atoms with Crippen LogP contribution in [0.15, 0.2) is 152 Å². The van der Waals surface area contributed by atoms with Crippen LogP contribution in [0.3, 0.4) is 0 Å². The number of aromatic hydroxyl groups is 1. The molecular formula is C53H50N3OPt-. The molecule has 0 radical (unpaired) electrons. The van der Waals surface area contributed by atoms with Crippen LogP contribution in [0, 0.1) is 11.5 Å². The van der Waals surface area contributed by atoms with E-state index in [4.69, 9.17) is 14.6 Å². The van der Waals surface area contributed by atoms with Gasteiger partial charge in [0.1, 0.15) is 11.6 Å². The molecular weight excluding hydrogens is 890 g/mol. The van der Waals surface area contributed by atoms with Crippen LogP contribution in [0.2, 0.25) is 0 Å². The van der Waals surface area contributed by atoms with E-state index in [1.807, 2.05) is 81.4 Å². The van der Waals surface area contributed by atoms with Crippen molar-refractivity contribution in [2.45, 2.75) is 66.2 Å². The van der Waals surface area contributed by atoms with Crippen LogP contribution in [0.5, 0.6) is 5.75 Å². The molecule has 0 aliphatic rings. The minimum Gasteiger partial charge on any atom is -0.507 e. The minimum absolute atomic E-state index is 0. The van der Waals surface area contributed by atoms with Gasteiger partial charge < -0.3 is 5.11 Å². The van der Waals surface area contributed by atoms with Gasteiger partial charge in [0, 0.05) is 38.5 Å². The largest absolute Gasteiger partial charge is 0.507 e. The number of imidazole rings is 1. The number of pyridine rings is 1. The molecule has 0 aliphatic carbocycles. The van der Waals surface area contributed by atoms with Gasteiger partial charge in [0.15, 0.2) is 0 Å². The van der Waals surface area contributed by atoms with E-state index in [1.165, 1.54) is 5.56 Å². The van der Waals surface area contributed by atoms with Gasteiger partial charge in [-0.05, 0) is 74.9 Å². The van der Waals surface area contributed by atoms with Gasteiger partial charge in [-0.25, -0.2) is 4.98 Å². The van der Waals surface area contributed by atoms with E-state index >= 15 is 0 Å². The molecule has 0 saturated carbocycles. The Morgan fingerprint density at radius 3 is 2.03 bits per heavy atom. The molecule has 0 saturated heterocycles. The van der Waals surface area contributed by atoms with E-state index in [9.17, 15) is 6.48 Å². The number of phenols is 1. The number of para-hydroxylation sites is 2. The van der Waals surface area contributed by atoms with E-state index in [-0.39, 0.29) is 60.5 Å². The molecule has 6 aromatic carbocycles. The zero-order valence-electron chi connectivity index (χ0n) is 41.9. The SMILES string of the molecule is [2H]c1nc(-c2[c-]c(-c3cccc4c3nc(-c3ccccc3O)n4-c3ccc(C(C)(C)C(C)(C)C)cc3-c3ccccc3)cc(C(C)(C)C)c2)c([2H])c(-c2c([2H])c([2H])c([2H])c([2H])c2[2H])c1[2H].[Pt]. The summed E-state index contributed by atoms with van der Waals surface area (Å²) in [5.74, 6) is 0.579.